The van der Waals surface area contributed by atoms with Crippen LogP contribution in [0.4, 0.5) is 5.82 Å². The summed E-state index contributed by atoms with van der Waals surface area (Å²) in [7, 11) is 3.25. The molecule has 0 spiro atoms. The highest BCUT2D eigenvalue weighted by molar-refractivity contribution is 5.85. The van der Waals surface area contributed by atoms with Crippen LogP contribution in [0.5, 0.6) is 11.5 Å². The van der Waals surface area contributed by atoms with Crippen molar-refractivity contribution in [1.29, 1.82) is 0 Å². The van der Waals surface area contributed by atoms with E-state index >= 15 is 0 Å². The molecule has 9 heteroatoms. The number of aryl methyl sites for hydroxylation is 1. The van der Waals surface area contributed by atoms with Crippen molar-refractivity contribution in [3.63, 3.8) is 0 Å². The Kier molecular flexibility index (Phi) is 6.25. The van der Waals surface area contributed by atoms with Crippen molar-refractivity contribution in [3.8, 4) is 11.5 Å². The number of ether oxygens (including phenoxy) is 3. The molecule has 0 radical (unpaired) electrons. The second-order valence-corrected chi connectivity index (χ2v) is 6.12. The first-order valence-corrected chi connectivity index (χ1v) is 8.98. The van der Waals surface area contributed by atoms with E-state index in [-0.39, 0.29) is 0 Å². The summed E-state index contributed by atoms with van der Waals surface area (Å²) in [4.78, 5) is 4.73. The number of nitrogens with zero attached hydrogens (tertiary/aromatic N) is 4. The number of nitrogens with two attached hydrogens (primary N) is 1. The van der Waals surface area contributed by atoms with Gasteiger partial charge in [0.25, 0.3) is 0 Å². The molecule has 27 heavy (non-hydrogen) atoms. The molecule has 0 aliphatic carbocycles. The van der Waals surface area contributed by atoms with Crippen LogP contribution in [0.2, 0.25) is 0 Å². The monoisotopic (exact) mass is 374 g/mol. The maximum atomic E-state index is 5.80. The quantitative estimate of drug-likeness (QED) is 0.517. The number of anilines is 1. The Hall–Kier alpha value is -2.65. The lowest BCUT2D eigenvalue weighted by molar-refractivity contribution is 0.144. The van der Waals surface area contributed by atoms with Crippen molar-refractivity contribution < 1.29 is 14.2 Å². The number of nitrogens with one attached hydrogen (secondary N) is 1. The first kappa shape index (κ1) is 19.1. The van der Waals surface area contributed by atoms with E-state index in [1.54, 1.807) is 14.2 Å². The number of fused-ring (bicyclic) bond motifs is 3. The average molecular weight is 374 g/mol. The van der Waals surface area contributed by atoms with E-state index in [2.05, 4.69) is 15.5 Å². The minimum Gasteiger partial charge on any atom is -0.493 e. The van der Waals surface area contributed by atoms with E-state index in [1.165, 1.54) is 0 Å². The molecule has 0 aliphatic rings. The minimum absolute atomic E-state index is 0.427. The molecule has 0 bridgehead atoms. The zero-order valence-electron chi connectivity index (χ0n) is 16.0. The van der Waals surface area contributed by atoms with Gasteiger partial charge in [0.05, 0.1) is 24.8 Å². The molecule has 2 heterocycles. The molecule has 9 nitrogen and oxygen atoms in total. The molecule has 0 unspecified atom stereocenters. The van der Waals surface area contributed by atoms with Crippen LogP contribution in [-0.2, 0) is 4.74 Å². The molecule has 0 saturated carbocycles. The van der Waals surface area contributed by atoms with E-state index < -0.39 is 0 Å². The standard InChI is InChI=1S/C18H26N6O3/c1-12-22-23-18-17(20-7-5-4-6-19)21-13-10-15(26-3)16(27-9-8-25-2)11-14(13)24(12)18/h10-11H,4-9,19H2,1-3H3,(H,20,21). The third-order valence-electron chi connectivity index (χ3n) is 4.24. The third kappa shape index (κ3) is 4.04. The van der Waals surface area contributed by atoms with Gasteiger partial charge >= 0.3 is 0 Å². The van der Waals surface area contributed by atoms with Gasteiger partial charge in [-0.25, -0.2) is 4.98 Å². The predicted octanol–water partition coefficient (Wildman–Crippen LogP) is 1.77. The average Bonchev–Trinajstić information content (AvgIpc) is 3.07. The van der Waals surface area contributed by atoms with Gasteiger partial charge in [0, 0.05) is 25.8 Å². The second-order valence-electron chi connectivity index (χ2n) is 6.12. The maximum absolute atomic E-state index is 5.80. The van der Waals surface area contributed by atoms with Crippen LogP contribution < -0.4 is 20.5 Å². The number of methoxy groups -OCH3 is 2. The van der Waals surface area contributed by atoms with Crippen LogP contribution in [0.25, 0.3) is 16.7 Å². The molecule has 3 rings (SSSR count). The van der Waals surface area contributed by atoms with Gasteiger partial charge in [0.2, 0.25) is 5.65 Å². The largest absolute Gasteiger partial charge is 0.493 e. The number of hydrogen-bond donors (Lipinski definition) is 2. The zero-order valence-corrected chi connectivity index (χ0v) is 16.0. The Morgan fingerprint density at radius 2 is 1.96 bits per heavy atom. The first-order chi connectivity index (χ1) is 13.2. The van der Waals surface area contributed by atoms with Crippen molar-refractivity contribution in [2.24, 2.45) is 5.73 Å². The van der Waals surface area contributed by atoms with Crippen molar-refractivity contribution >= 4 is 22.5 Å². The highest BCUT2D eigenvalue weighted by atomic mass is 16.5. The lowest BCUT2D eigenvalue weighted by Crippen LogP contribution is -2.09. The normalized spacial score (nSPS) is 11.3. The molecule has 0 saturated heterocycles. The highest BCUT2D eigenvalue weighted by Gasteiger charge is 2.16. The van der Waals surface area contributed by atoms with E-state index in [0.717, 1.165) is 36.2 Å². The summed E-state index contributed by atoms with van der Waals surface area (Å²) >= 11 is 0. The molecule has 1 aromatic carbocycles. The Balaban J connectivity index is 2.05. The van der Waals surface area contributed by atoms with Gasteiger partial charge in [0.15, 0.2) is 17.3 Å². The molecular formula is C18H26N6O3. The van der Waals surface area contributed by atoms with Gasteiger partial charge in [-0.2, -0.15) is 0 Å². The van der Waals surface area contributed by atoms with Crippen molar-refractivity contribution in [2.75, 3.05) is 45.8 Å². The fraction of sp³-hybridized carbons (Fsp3) is 0.500. The summed E-state index contributed by atoms with van der Waals surface area (Å²) in [6.07, 6.45) is 1.92. The maximum Gasteiger partial charge on any atom is 0.204 e. The lowest BCUT2D eigenvalue weighted by atomic mass is 10.2. The van der Waals surface area contributed by atoms with Crippen LogP contribution in [-0.4, -0.2) is 60.1 Å². The predicted molar refractivity (Wildman–Crippen MR) is 104 cm³/mol. The van der Waals surface area contributed by atoms with Crippen LogP contribution in [0.3, 0.4) is 0 Å². The summed E-state index contributed by atoms with van der Waals surface area (Å²) in [6, 6.07) is 3.76. The summed E-state index contributed by atoms with van der Waals surface area (Å²) in [5, 5.41) is 11.8. The Morgan fingerprint density at radius 3 is 2.70 bits per heavy atom. The molecule has 0 aliphatic heterocycles. The number of hydrogen-bond acceptors (Lipinski definition) is 8. The Labute approximate surface area is 157 Å². The van der Waals surface area contributed by atoms with Gasteiger partial charge in [-0.05, 0) is 26.3 Å². The molecule has 3 aromatic rings. The summed E-state index contributed by atoms with van der Waals surface area (Å²) in [5.74, 6) is 2.71. The topological polar surface area (TPSA) is 109 Å². The van der Waals surface area contributed by atoms with Gasteiger partial charge in [-0.3, -0.25) is 4.40 Å². The summed E-state index contributed by atoms with van der Waals surface area (Å²) in [6.45, 7) is 4.28. The van der Waals surface area contributed by atoms with Crippen molar-refractivity contribution in [1.82, 2.24) is 19.6 Å². The van der Waals surface area contributed by atoms with Crippen LogP contribution >= 0.6 is 0 Å². The number of benzene rings is 1. The van der Waals surface area contributed by atoms with E-state index in [4.69, 9.17) is 24.9 Å². The molecule has 3 N–H and O–H groups in total. The lowest BCUT2D eigenvalue weighted by Gasteiger charge is -2.14. The highest BCUT2D eigenvalue weighted by Crippen LogP contribution is 2.33. The fourth-order valence-corrected chi connectivity index (χ4v) is 2.88. The van der Waals surface area contributed by atoms with Gasteiger partial charge in [-0.1, -0.05) is 0 Å². The molecular weight excluding hydrogens is 348 g/mol. The van der Waals surface area contributed by atoms with Crippen LogP contribution in [0.15, 0.2) is 12.1 Å². The molecule has 2 aromatic heterocycles. The summed E-state index contributed by atoms with van der Waals surface area (Å²) < 4.78 is 18.3. The molecule has 0 atom stereocenters. The van der Waals surface area contributed by atoms with Crippen molar-refractivity contribution in [3.05, 3.63) is 18.0 Å². The number of rotatable bonds is 10. The molecule has 0 amide bonds. The zero-order chi connectivity index (χ0) is 19.2. The van der Waals surface area contributed by atoms with Crippen molar-refractivity contribution in [2.45, 2.75) is 19.8 Å². The number of aromatic nitrogens is 4. The SMILES string of the molecule is COCCOc1cc2c(cc1OC)nc(NCCCCN)c1nnc(C)n12. The van der Waals surface area contributed by atoms with Crippen LogP contribution in [0, 0.1) is 6.92 Å². The Bertz CT molecular complexity index is 911. The number of unbranched alkanes of at least 4 members (excludes halogenated alkanes) is 1. The van der Waals surface area contributed by atoms with Gasteiger partial charge in [0.1, 0.15) is 12.4 Å². The van der Waals surface area contributed by atoms with E-state index in [9.17, 15) is 0 Å². The third-order valence-corrected chi connectivity index (χ3v) is 4.24. The molecule has 146 valence electrons. The Morgan fingerprint density at radius 1 is 1.11 bits per heavy atom. The van der Waals surface area contributed by atoms with E-state index in [0.29, 0.717) is 42.7 Å². The fourth-order valence-electron chi connectivity index (χ4n) is 2.88. The first-order valence-electron chi connectivity index (χ1n) is 8.98. The van der Waals surface area contributed by atoms with E-state index in [1.807, 2.05) is 23.5 Å². The second kappa shape index (κ2) is 8.83. The molecule has 0 fully saturated rings. The van der Waals surface area contributed by atoms with Gasteiger partial charge < -0.3 is 25.3 Å². The van der Waals surface area contributed by atoms with Gasteiger partial charge in [-0.15, -0.1) is 10.2 Å². The smallest absolute Gasteiger partial charge is 0.204 e. The minimum atomic E-state index is 0.427. The summed E-state index contributed by atoms with van der Waals surface area (Å²) in [5.41, 5.74) is 7.86. The van der Waals surface area contributed by atoms with Crippen LogP contribution in [0.1, 0.15) is 18.7 Å².